The Balaban J connectivity index is 1.92. The number of carboxylic acid groups (broad SMARTS) is 1. The zero-order chi connectivity index (χ0) is 14.5. The summed E-state index contributed by atoms with van der Waals surface area (Å²) in [5.41, 5.74) is 1.43. The fraction of sp³-hybridized carbons (Fsp3) is 0.562. The molecule has 1 heterocycles. The van der Waals surface area contributed by atoms with Crippen LogP contribution < -0.4 is 0 Å². The lowest BCUT2D eigenvalue weighted by molar-refractivity contribution is 0.0696. The Kier molecular flexibility index (Phi) is 5.15. The highest BCUT2D eigenvalue weighted by molar-refractivity contribution is 5.87. The second-order valence-electron chi connectivity index (χ2n) is 5.63. The summed E-state index contributed by atoms with van der Waals surface area (Å²) >= 11 is 0. The predicted molar refractivity (Wildman–Crippen MR) is 80.0 cm³/mol. The summed E-state index contributed by atoms with van der Waals surface area (Å²) in [6.07, 6.45) is 2.56. The van der Waals surface area contributed by atoms with Crippen LogP contribution in [0.3, 0.4) is 0 Å². The number of rotatable bonds is 6. The number of nitrogens with zero attached hydrogens (tertiary/aromatic N) is 2. The van der Waals surface area contributed by atoms with E-state index in [0.29, 0.717) is 11.6 Å². The molecule has 0 aliphatic carbocycles. The lowest BCUT2D eigenvalue weighted by Gasteiger charge is -2.27. The summed E-state index contributed by atoms with van der Waals surface area (Å²) in [6.45, 7) is 6.39. The topological polar surface area (TPSA) is 43.8 Å². The van der Waals surface area contributed by atoms with Crippen molar-refractivity contribution in [1.29, 1.82) is 0 Å². The Hall–Kier alpha value is -1.39. The normalized spacial score (nSPS) is 19.6. The molecule has 1 aliphatic heterocycles. The van der Waals surface area contributed by atoms with Crippen molar-refractivity contribution in [2.45, 2.75) is 32.4 Å². The zero-order valence-corrected chi connectivity index (χ0v) is 12.4. The fourth-order valence-electron chi connectivity index (χ4n) is 3.06. The summed E-state index contributed by atoms with van der Waals surface area (Å²) in [7, 11) is 2.11. The van der Waals surface area contributed by atoms with Crippen LogP contribution in [-0.2, 0) is 6.54 Å². The molecule has 4 heteroatoms. The van der Waals surface area contributed by atoms with E-state index >= 15 is 0 Å². The number of benzene rings is 1. The molecule has 1 aromatic carbocycles. The molecule has 110 valence electrons. The number of carboxylic acids is 1. The molecule has 0 aromatic heterocycles. The fourth-order valence-corrected chi connectivity index (χ4v) is 3.06. The smallest absolute Gasteiger partial charge is 0.335 e. The summed E-state index contributed by atoms with van der Waals surface area (Å²) in [5.74, 6) is -0.859. The Morgan fingerprint density at radius 1 is 1.50 bits per heavy atom. The summed E-state index contributed by atoms with van der Waals surface area (Å²) in [4.78, 5) is 15.8. The van der Waals surface area contributed by atoms with Crippen molar-refractivity contribution in [1.82, 2.24) is 9.80 Å². The molecule has 0 radical (unpaired) electrons. The maximum Gasteiger partial charge on any atom is 0.335 e. The van der Waals surface area contributed by atoms with Gasteiger partial charge in [0.2, 0.25) is 0 Å². The van der Waals surface area contributed by atoms with E-state index in [1.807, 2.05) is 12.1 Å². The van der Waals surface area contributed by atoms with E-state index in [9.17, 15) is 4.79 Å². The molecule has 1 unspecified atom stereocenters. The van der Waals surface area contributed by atoms with E-state index in [-0.39, 0.29) is 0 Å². The Morgan fingerprint density at radius 2 is 2.30 bits per heavy atom. The minimum atomic E-state index is -0.859. The van der Waals surface area contributed by atoms with Crippen molar-refractivity contribution in [3.05, 3.63) is 35.4 Å². The van der Waals surface area contributed by atoms with Gasteiger partial charge in [-0.2, -0.15) is 0 Å². The third-order valence-electron chi connectivity index (χ3n) is 4.05. The maximum absolute atomic E-state index is 11.0. The SMILES string of the molecule is CCN1CCCC1CN(C)Cc1cccc(C(=O)O)c1. The molecule has 0 spiro atoms. The molecule has 20 heavy (non-hydrogen) atoms. The molecule has 4 nitrogen and oxygen atoms in total. The first-order valence-electron chi connectivity index (χ1n) is 7.35. The molecule has 0 bridgehead atoms. The highest BCUT2D eigenvalue weighted by atomic mass is 16.4. The van der Waals surface area contributed by atoms with Crippen LogP contribution in [0.25, 0.3) is 0 Å². The van der Waals surface area contributed by atoms with Crippen LogP contribution in [0.15, 0.2) is 24.3 Å². The average Bonchev–Trinajstić information content (AvgIpc) is 2.86. The Bertz CT molecular complexity index is 462. The van der Waals surface area contributed by atoms with Crippen molar-refractivity contribution >= 4 is 5.97 Å². The zero-order valence-electron chi connectivity index (χ0n) is 12.4. The lowest BCUT2D eigenvalue weighted by Crippen LogP contribution is -2.38. The first-order valence-corrected chi connectivity index (χ1v) is 7.35. The molecule has 1 N–H and O–H groups in total. The maximum atomic E-state index is 11.0. The van der Waals surface area contributed by atoms with Crippen LogP contribution in [0.1, 0.15) is 35.7 Å². The third-order valence-corrected chi connectivity index (χ3v) is 4.05. The molecule has 2 rings (SSSR count). The van der Waals surface area contributed by atoms with Gasteiger partial charge in [-0.15, -0.1) is 0 Å². The molecule has 1 aliphatic rings. The minimum absolute atomic E-state index is 0.368. The van der Waals surface area contributed by atoms with Gasteiger partial charge in [-0.05, 0) is 50.7 Å². The van der Waals surface area contributed by atoms with Crippen LogP contribution in [-0.4, -0.2) is 53.6 Å². The summed E-state index contributed by atoms with van der Waals surface area (Å²) in [5, 5.41) is 9.02. The summed E-state index contributed by atoms with van der Waals surface area (Å²) < 4.78 is 0. The van der Waals surface area contributed by atoms with Gasteiger partial charge in [0.05, 0.1) is 5.56 Å². The van der Waals surface area contributed by atoms with Crippen molar-refractivity contribution < 1.29 is 9.90 Å². The number of likely N-dealkylation sites (tertiary alicyclic amines) is 1. The van der Waals surface area contributed by atoms with E-state index in [2.05, 4.69) is 23.8 Å². The minimum Gasteiger partial charge on any atom is -0.478 e. The van der Waals surface area contributed by atoms with Gasteiger partial charge in [0.25, 0.3) is 0 Å². The van der Waals surface area contributed by atoms with Crippen molar-refractivity contribution in [2.75, 3.05) is 26.7 Å². The molecule has 1 atom stereocenters. The van der Waals surface area contributed by atoms with Gasteiger partial charge in [0.1, 0.15) is 0 Å². The Morgan fingerprint density at radius 3 is 3.00 bits per heavy atom. The van der Waals surface area contributed by atoms with E-state index in [0.717, 1.165) is 25.2 Å². The van der Waals surface area contributed by atoms with Crippen LogP contribution in [0.5, 0.6) is 0 Å². The highest BCUT2D eigenvalue weighted by Gasteiger charge is 2.23. The monoisotopic (exact) mass is 276 g/mol. The van der Waals surface area contributed by atoms with Gasteiger partial charge in [-0.3, -0.25) is 4.90 Å². The van der Waals surface area contributed by atoms with E-state index in [4.69, 9.17) is 5.11 Å². The van der Waals surface area contributed by atoms with Crippen LogP contribution in [0, 0.1) is 0 Å². The van der Waals surface area contributed by atoms with Crippen LogP contribution in [0.2, 0.25) is 0 Å². The van der Waals surface area contributed by atoms with Gasteiger partial charge >= 0.3 is 5.97 Å². The highest BCUT2D eigenvalue weighted by Crippen LogP contribution is 2.18. The van der Waals surface area contributed by atoms with Gasteiger partial charge in [-0.25, -0.2) is 4.79 Å². The molecule has 1 fully saturated rings. The average molecular weight is 276 g/mol. The molecular formula is C16H24N2O2. The number of hydrogen-bond donors (Lipinski definition) is 1. The van der Waals surface area contributed by atoms with Crippen molar-refractivity contribution in [3.8, 4) is 0 Å². The second-order valence-corrected chi connectivity index (χ2v) is 5.63. The number of aromatic carboxylic acids is 1. The quantitative estimate of drug-likeness (QED) is 0.866. The number of hydrogen-bond acceptors (Lipinski definition) is 3. The van der Waals surface area contributed by atoms with Gasteiger partial charge in [-0.1, -0.05) is 19.1 Å². The second kappa shape index (κ2) is 6.86. The number of likely N-dealkylation sites (N-methyl/N-ethyl adjacent to an activating group) is 2. The number of carbonyl (C=O) groups is 1. The van der Waals surface area contributed by atoms with Crippen LogP contribution in [0.4, 0.5) is 0 Å². The lowest BCUT2D eigenvalue weighted by atomic mass is 10.1. The summed E-state index contributed by atoms with van der Waals surface area (Å²) in [6, 6.07) is 7.87. The first kappa shape index (κ1) is 15.0. The van der Waals surface area contributed by atoms with E-state index < -0.39 is 5.97 Å². The van der Waals surface area contributed by atoms with Crippen molar-refractivity contribution in [2.24, 2.45) is 0 Å². The van der Waals surface area contributed by atoms with Crippen molar-refractivity contribution in [3.63, 3.8) is 0 Å². The van der Waals surface area contributed by atoms with E-state index in [1.165, 1.54) is 19.4 Å². The molecule has 0 amide bonds. The Labute approximate surface area is 121 Å². The van der Waals surface area contributed by atoms with E-state index in [1.54, 1.807) is 12.1 Å². The van der Waals surface area contributed by atoms with Crippen LogP contribution >= 0.6 is 0 Å². The molecule has 1 aromatic rings. The predicted octanol–water partition coefficient (Wildman–Crippen LogP) is 2.30. The first-order chi connectivity index (χ1) is 9.60. The van der Waals surface area contributed by atoms with Gasteiger partial charge in [0, 0.05) is 19.1 Å². The molecule has 0 saturated carbocycles. The van der Waals surface area contributed by atoms with Gasteiger partial charge in [0.15, 0.2) is 0 Å². The standard InChI is InChI=1S/C16H24N2O2/c1-3-18-9-5-8-15(18)12-17(2)11-13-6-4-7-14(10-13)16(19)20/h4,6-7,10,15H,3,5,8-9,11-12H2,1-2H3,(H,19,20). The third kappa shape index (κ3) is 3.81. The van der Waals surface area contributed by atoms with Gasteiger partial charge < -0.3 is 10.0 Å². The largest absolute Gasteiger partial charge is 0.478 e. The molecular weight excluding hydrogens is 252 g/mol. The molecule has 1 saturated heterocycles.